The van der Waals surface area contributed by atoms with E-state index in [9.17, 15) is 0 Å². The summed E-state index contributed by atoms with van der Waals surface area (Å²) in [6, 6.07) is 12.8. The highest BCUT2D eigenvalue weighted by atomic mass is 19.1. The summed E-state index contributed by atoms with van der Waals surface area (Å²) in [6.07, 6.45) is 7.67. The third-order valence-corrected chi connectivity index (χ3v) is 6.77. The molecule has 0 radical (unpaired) electrons. The lowest BCUT2D eigenvalue weighted by molar-refractivity contribution is 0.250. The van der Waals surface area contributed by atoms with Gasteiger partial charge in [0.25, 0.3) is 0 Å². The Hall–Kier alpha value is -3.58. The fourth-order valence-corrected chi connectivity index (χ4v) is 4.71. The number of aromatic nitrogens is 4. The molecule has 0 aliphatic rings. The standard InChI is InChI=1S/C29H31F2N5/c1-3-5-11-36(12-6-4-2)18-24-25(30)14-20(15-26(24)31)28-16-23-22(9-10-32-29(23)34-28)19-7-8-27-21(13-19)17-33-35-27/h7-10,13-17H,3-6,11-12,18H2,1-2H3,(H,32,34)(H,33,35). The van der Waals surface area contributed by atoms with Gasteiger partial charge in [-0.05, 0) is 73.5 Å². The smallest absolute Gasteiger partial charge is 0.138 e. The summed E-state index contributed by atoms with van der Waals surface area (Å²) in [5, 5.41) is 8.97. The van der Waals surface area contributed by atoms with Gasteiger partial charge in [0.2, 0.25) is 0 Å². The zero-order valence-corrected chi connectivity index (χ0v) is 20.7. The highest BCUT2D eigenvalue weighted by molar-refractivity contribution is 5.98. The number of hydrogen-bond acceptors (Lipinski definition) is 3. The van der Waals surface area contributed by atoms with Gasteiger partial charge in [-0.2, -0.15) is 5.10 Å². The zero-order valence-electron chi connectivity index (χ0n) is 20.7. The molecular weight excluding hydrogens is 456 g/mol. The molecular formula is C29H31F2N5. The van der Waals surface area contributed by atoms with Crippen molar-refractivity contribution >= 4 is 21.9 Å². The van der Waals surface area contributed by atoms with Crippen molar-refractivity contribution in [2.45, 2.75) is 46.1 Å². The van der Waals surface area contributed by atoms with E-state index in [-0.39, 0.29) is 12.1 Å². The first-order chi connectivity index (χ1) is 17.6. The Bertz CT molecular complexity index is 1450. The molecule has 2 N–H and O–H groups in total. The van der Waals surface area contributed by atoms with Gasteiger partial charge in [0.15, 0.2) is 0 Å². The van der Waals surface area contributed by atoms with Crippen LogP contribution in [0.2, 0.25) is 0 Å². The second kappa shape index (κ2) is 10.6. The third kappa shape index (κ3) is 4.88. The molecule has 186 valence electrons. The average Bonchev–Trinajstić information content (AvgIpc) is 3.53. The van der Waals surface area contributed by atoms with Crippen molar-refractivity contribution in [1.82, 2.24) is 25.1 Å². The Morgan fingerprint density at radius 2 is 1.64 bits per heavy atom. The van der Waals surface area contributed by atoms with Gasteiger partial charge in [0, 0.05) is 40.3 Å². The van der Waals surface area contributed by atoms with Crippen LogP contribution in [0.3, 0.4) is 0 Å². The lowest BCUT2D eigenvalue weighted by atomic mass is 10.0. The molecule has 0 amide bonds. The molecule has 0 bridgehead atoms. The number of fused-ring (bicyclic) bond motifs is 2. The Labute approximate surface area is 209 Å². The Morgan fingerprint density at radius 1 is 0.889 bits per heavy atom. The predicted octanol–water partition coefficient (Wildman–Crippen LogP) is 7.45. The van der Waals surface area contributed by atoms with Crippen molar-refractivity contribution in [3.05, 3.63) is 72.1 Å². The maximum Gasteiger partial charge on any atom is 0.138 e. The summed E-state index contributed by atoms with van der Waals surface area (Å²) in [5.41, 5.74) is 4.88. The van der Waals surface area contributed by atoms with Crippen molar-refractivity contribution in [2.75, 3.05) is 13.1 Å². The SMILES string of the molecule is CCCCN(CCCC)Cc1c(F)cc(-c2cc3c(-c4ccc5[nH]ncc5c4)ccnc3[nH]2)cc1F. The maximum atomic E-state index is 15.2. The number of unbranched alkanes of at least 4 members (excludes halogenated alkanes) is 2. The summed E-state index contributed by atoms with van der Waals surface area (Å²) >= 11 is 0. The minimum atomic E-state index is -0.514. The predicted molar refractivity (Wildman–Crippen MR) is 142 cm³/mol. The summed E-state index contributed by atoms with van der Waals surface area (Å²) < 4.78 is 30.4. The zero-order chi connectivity index (χ0) is 25.1. The van der Waals surface area contributed by atoms with Crippen LogP contribution >= 0.6 is 0 Å². The van der Waals surface area contributed by atoms with Gasteiger partial charge in [-0.1, -0.05) is 32.8 Å². The van der Waals surface area contributed by atoms with E-state index in [0.29, 0.717) is 16.9 Å². The molecule has 0 aliphatic carbocycles. The first-order valence-electron chi connectivity index (χ1n) is 12.7. The number of rotatable bonds is 10. The summed E-state index contributed by atoms with van der Waals surface area (Å²) in [5.74, 6) is -1.03. The molecule has 3 aromatic heterocycles. The fraction of sp³-hybridized carbons (Fsp3) is 0.310. The van der Waals surface area contributed by atoms with Crippen molar-refractivity contribution in [3.63, 3.8) is 0 Å². The highest BCUT2D eigenvalue weighted by Gasteiger charge is 2.17. The second-order valence-electron chi connectivity index (χ2n) is 9.38. The van der Waals surface area contributed by atoms with Gasteiger partial charge in [-0.3, -0.25) is 10.00 Å². The molecule has 0 spiro atoms. The van der Waals surface area contributed by atoms with Gasteiger partial charge < -0.3 is 4.98 Å². The normalized spacial score (nSPS) is 11.8. The molecule has 0 atom stereocenters. The van der Waals surface area contributed by atoms with E-state index >= 15 is 8.78 Å². The van der Waals surface area contributed by atoms with E-state index in [1.54, 1.807) is 12.4 Å². The largest absolute Gasteiger partial charge is 0.339 e. The van der Waals surface area contributed by atoms with Crippen molar-refractivity contribution in [2.24, 2.45) is 0 Å². The molecule has 5 rings (SSSR count). The minimum absolute atomic E-state index is 0.134. The first-order valence-corrected chi connectivity index (χ1v) is 12.7. The van der Waals surface area contributed by atoms with Gasteiger partial charge >= 0.3 is 0 Å². The number of halogens is 2. The summed E-state index contributed by atoms with van der Waals surface area (Å²) in [6.45, 7) is 6.23. The number of nitrogens with one attached hydrogen (secondary N) is 2. The van der Waals surface area contributed by atoms with Gasteiger partial charge in [0.05, 0.1) is 11.7 Å². The van der Waals surface area contributed by atoms with Crippen LogP contribution in [0.4, 0.5) is 8.78 Å². The number of benzene rings is 2. The molecule has 2 aromatic carbocycles. The quantitative estimate of drug-likeness (QED) is 0.215. The number of pyridine rings is 1. The molecule has 0 fully saturated rings. The van der Waals surface area contributed by atoms with E-state index in [4.69, 9.17) is 0 Å². The van der Waals surface area contributed by atoms with Gasteiger partial charge in [-0.15, -0.1) is 0 Å². The molecule has 36 heavy (non-hydrogen) atoms. The average molecular weight is 488 g/mol. The van der Waals surface area contributed by atoms with Crippen LogP contribution in [0.15, 0.2) is 54.9 Å². The van der Waals surface area contributed by atoms with Crippen molar-refractivity contribution in [3.8, 4) is 22.4 Å². The molecule has 0 aliphatic heterocycles. The lowest BCUT2D eigenvalue weighted by Gasteiger charge is -2.22. The van der Waals surface area contributed by atoms with E-state index in [2.05, 4.69) is 45.0 Å². The Morgan fingerprint density at radius 3 is 2.36 bits per heavy atom. The van der Waals surface area contributed by atoms with E-state index < -0.39 is 11.6 Å². The molecule has 5 aromatic rings. The van der Waals surface area contributed by atoms with Crippen LogP contribution < -0.4 is 0 Å². The van der Waals surface area contributed by atoms with Crippen LogP contribution in [0.5, 0.6) is 0 Å². The minimum Gasteiger partial charge on any atom is -0.339 e. The molecule has 7 heteroatoms. The lowest BCUT2D eigenvalue weighted by Crippen LogP contribution is -2.26. The highest BCUT2D eigenvalue weighted by Crippen LogP contribution is 2.33. The van der Waals surface area contributed by atoms with Crippen LogP contribution in [0.25, 0.3) is 44.3 Å². The van der Waals surface area contributed by atoms with E-state index in [0.717, 1.165) is 66.2 Å². The van der Waals surface area contributed by atoms with Crippen molar-refractivity contribution in [1.29, 1.82) is 0 Å². The molecule has 0 unspecified atom stereocenters. The first kappa shape index (κ1) is 24.1. The van der Waals surface area contributed by atoms with Gasteiger partial charge in [0.1, 0.15) is 17.3 Å². The fourth-order valence-electron chi connectivity index (χ4n) is 4.71. The van der Waals surface area contributed by atoms with Gasteiger partial charge in [-0.25, -0.2) is 13.8 Å². The topological polar surface area (TPSA) is 60.6 Å². The van der Waals surface area contributed by atoms with Crippen LogP contribution in [-0.2, 0) is 6.54 Å². The van der Waals surface area contributed by atoms with Crippen LogP contribution in [-0.4, -0.2) is 38.2 Å². The monoisotopic (exact) mass is 487 g/mol. The molecule has 0 saturated carbocycles. The van der Waals surface area contributed by atoms with Crippen LogP contribution in [0.1, 0.15) is 45.1 Å². The Kier molecular flexibility index (Phi) is 7.09. The Balaban J connectivity index is 1.47. The summed E-state index contributed by atoms with van der Waals surface area (Å²) in [7, 11) is 0. The maximum absolute atomic E-state index is 15.2. The number of nitrogens with zero attached hydrogens (tertiary/aromatic N) is 3. The number of aromatic amines is 2. The number of H-pyrrole nitrogens is 2. The van der Waals surface area contributed by atoms with Crippen LogP contribution in [0, 0.1) is 11.6 Å². The van der Waals surface area contributed by atoms with E-state index in [1.165, 1.54) is 12.1 Å². The summed E-state index contributed by atoms with van der Waals surface area (Å²) in [4.78, 5) is 9.86. The number of hydrogen-bond donors (Lipinski definition) is 2. The third-order valence-electron chi connectivity index (χ3n) is 6.77. The van der Waals surface area contributed by atoms with Crippen molar-refractivity contribution < 1.29 is 8.78 Å². The molecule has 3 heterocycles. The molecule has 5 nitrogen and oxygen atoms in total. The second-order valence-corrected chi connectivity index (χ2v) is 9.38. The van der Waals surface area contributed by atoms with E-state index in [1.807, 2.05) is 24.3 Å². The molecule has 0 saturated heterocycles.